The second-order valence-corrected chi connectivity index (χ2v) is 6.60. The number of carbonyl (C=O) groups excluding carboxylic acids is 1. The van der Waals surface area contributed by atoms with Gasteiger partial charge in [0.1, 0.15) is 0 Å². The van der Waals surface area contributed by atoms with E-state index >= 15 is 0 Å². The van der Waals surface area contributed by atoms with Gasteiger partial charge in [0, 0.05) is 13.6 Å². The van der Waals surface area contributed by atoms with Crippen molar-refractivity contribution < 1.29 is 17.9 Å². The number of nitrogens with two attached hydrogens (primary N) is 1. The Morgan fingerprint density at radius 2 is 2.29 bits per heavy atom. The molecule has 0 saturated heterocycles. The molecule has 0 atom stereocenters. The van der Waals surface area contributed by atoms with Gasteiger partial charge in [0.05, 0.1) is 18.0 Å². The minimum Gasteiger partial charge on any atom is -0.449 e. The lowest BCUT2D eigenvalue weighted by molar-refractivity contribution is 0.158. The van der Waals surface area contributed by atoms with Gasteiger partial charge in [0.2, 0.25) is 0 Å². The van der Waals surface area contributed by atoms with E-state index in [-0.39, 0.29) is 19.7 Å². The molecular weight excluding hydrogens is 314 g/mol. The molecule has 116 valence electrons. The van der Waals surface area contributed by atoms with Crippen LogP contribution in [0, 0.1) is 11.8 Å². The Labute approximate surface area is 128 Å². The monoisotopic (exact) mass is 331 g/mol. The van der Waals surface area contributed by atoms with Crippen LogP contribution in [-0.4, -0.2) is 39.0 Å². The van der Waals surface area contributed by atoms with Crippen molar-refractivity contribution in [2.24, 2.45) is 5.73 Å². The third-order valence-electron chi connectivity index (χ3n) is 2.27. The summed E-state index contributed by atoms with van der Waals surface area (Å²) < 4.78 is 31.1. The molecule has 0 unspecified atom stereocenters. The maximum Gasteiger partial charge on any atom is 0.421 e. The molecule has 9 heteroatoms. The molecule has 0 radical (unpaired) electrons. The molecule has 0 saturated carbocycles. The largest absolute Gasteiger partial charge is 0.449 e. The molecule has 0 aliphatic rings. The molecular formula is C12H17N3O4S2. The molecule has 0 aliphatic carbocycles. The molecule has 7 nitrogen and oxygen atoms in total. The third kappa shape index (κ3) is 5.73. The van der Waals surface area contributed by atoms with Crippen molar-refractivity contribution in [1.82, 2.24) is 9.03 Å². The highest BCUT2D eigenvalue weighted by molar-refractivity contribution is 7.87. The number of thiophene rings is 1. The molecule has 0 bridgehead atoms. The highest BCUT2D eigenvalue weighted by Gasteiger charge is 2.21. The predicted molar refractivity (Wildman–Crippen MR) is 80.8 cm³/mol. The smallest absolute Gasteiger partial charge is 0.421 e. The maximum atomic E-state index is 11.9. The second kappa shape index (κ2) is 7.99. The minimum absolute atomic E-state index is 0.0960. The number of ether oxygens (including phenoxy) is 1. The zero-order chi connectivity index (χ0) is 15.9. The van der Waals surface area contributed by atoms with E-state index in [0.717, 1.165) is 14.7 Å². The van der Waals surface area contributed by atoms with Gasteiger partial charge in [-0.2, -0.15) is 12.7 Å². The van der Waals surface area contributed by atoms with E-state index in [0.29, 0.717) is 0 Å². The summed E-state index contributed by atoms with van der Waals surface area (Å²) in [6.07, 6.45) is -0.996. The first-order valence-electron chi connectivity index (χ1n) is 6.06. The van der Waals surface area contributed by atoms with E-state index in [1.54, 1.807) is 18.4 Å². The van der Waals surface area contributed by atoms with Crippen LogP contribution in [0.15, 0.2) is 11.4 Å². The molecule has 0 spiro atoms. The number of hydrogen-bond acceptors (Lipinski definition) is 6. The summed E-state index contributed by atoms with van der Waals surface area (Å²) in [5.74, 6) is 5.60. The van der Waals surface area contributed by atoms with E-state index in [4.69, 9.17) is 5.73 Å². The average molecular weight is 331 g/mol. The Morgan fingerprint density at radius 3 is 2.90 bits per heavy atom. The van der Waals surface area contributed by atoms with Crippen LogP contribution in [0.25, 0.3) is 0 Å². The van der Waals surface area contributed by atoms with Gasteiger partial charge in [-0.1, -0.05) is 11.8 Å². The lowest BCUT2D eigenvalue weighted by Gasteiger charge is -2.16. The fraction of sp³-hybridized carbons (Fsp3) is 0.417. The summed E-state index contributed by atoms with van der Waals surface area (Å²) in [7, 11) is -2.56. The predicted octanol–water partition coefficient (Wildman–Crippen LogP) is 0.481. The highest BCUT2D eigenvalue weighted by Crippen LogP contribution is 2.15. The summed E-state index contributed by atoms with van der Waals surface area (Å²) in [6.45, 7) is 2.07. The summed E-state index contributed by atoms with van der Waals surface area (Å²) in [5, 5.41) is 1.80. The molecule has 0 aliphatic heterocycles. The van der Waals surface area contributed by atoms with Crippen LogP contribution in [0.4, 0.5) is 4.79 Å². The molecule has 1 heterocycles. The quantitative estimate of drug-likeness (QED) is 0.764. The molecule has 1 amide bonds. The van der Waals surface area contributed by atoms with Crippen molar-refractivity contribution in [1.29, 1.82) is 0 Å². The van der Waals surface area contributed by atoms with Gasteiger partial charge in [0.25, 0.3) is 0 Å². The van der Waals surface area contributed by atoms with Crippen LogP contribution in [-0.2, 0) is 21.5 Å². The van der Waals surface area contributed by atoms with Crippen LogP contribution >= 0.6 is 11.3 Å². The Morgan fingerprint density at radius 1 is 1.57 bits per heavy atom. The maximum absolute atomic E-state index is 11.9. The van der Waals surface area contributed by atoms with Crippen LogP contribution in [0.2, 0.25) is 0 Å². The van der Waals surface area contributed by atoms with Gasteiger partial charge in [-0.05, 0) is 23.9 Å². The van der Waals surface area contributed by atoms with E-state index in [1.807, 2.05) is 4.72 Å². The van der Waals surface area contributed by atoms with E-state index in [9.17, 15) is 13.2 Å². The summed E-state index contributed by atoms with van der Waals surface area (Å²) >= 11 is 1.40. The van der Waals surface area contributed by atoms with E-state index in [1.165, 1.54) is 18.4 Å². The van der Waals surface area contributed by atoms with Crippen LogP contribution < -0.4 is 10.5 Å². The molecule has 0 aromatic carbocycles. The normalized spacial score (nSPS) is 10.9. The van der Waals surface area contributed by atoms with Crippen molar-refractivity contribution in [3.63, 3.8) is 0 Å². The first-order valence-corrected chi connectivity index (χ1v) is 8.38. The van der Waals surface area contributed by atoms with Crippen LogP contribution in [0.5, 0.6) is 0 Å². The number of amides is 1. The van der Waals surface area contributed by atoms with Gasteiger partial charge < -0.3 is 10.5 Å². The summed E-state index contributed by atoms with van der Waals surface area (Å²) in [6, 6.07) is 1.78. The minimum atomic E-state index is -3.93. The lowest BCUT2D eigenvalue weighted by Crippen LogP contribution is -2.41. The molecule has 1 aromatic heterocycles. The van der Waals surface area contributed by atoms with Gasteiger partial charge in [0.15, 0.2) is 0 Å². The zero-order valence-electron chi connectivity index (χ0n) is 11.8. The average Bonchev–Trinajstić information content (AvgIpc) is 2.83. The molecule has 1 aromatic rings. The van der Waals surface area contributed by atoms with E-state index in [2.05, 4.69) is 16.6 Å². The van der Waals surface area contributed by atoms with Crippen molar-refractivity contribution in [3.05, 3.63) is 21.9 Å². The fourth-order valence-electron chi connectivity index (χ4n) is 1.35. The first kappa shape index (κ1) is 17.5. The van der Waals surface area contributed by atoms with Crippen molar-refractivity contribution in [3.8, 4) is 11.8 Å². The SMILES string of the molecule is CCOC(=O)NS(=O)(=O)N(C)Cc1csc(C#CCN)c1. The van der Waals surface area contributed by atoms with Crippen molar-refractivity contribution in [2.45, 2.75) is 13.5 Å². The van der Waals surface area contributed by atoms with Crippen LogP contribution in [0.3, 0.4) is 0 Å². The summed E-state index contributed by atoms with van der Waals surface area (Å²) in [4.78, 5) is 12.0. The number of rotatable bonds is 5. The number of nitrogens with one attached hydrogen (secondary N) is 1. The third-order valence-corrected chi connectivity index (χ3v) is 4.54. The Kier molecular flexibility index (Phi) is 6.64. The number of nitrogens with zero attached hydrogens (tertiary/aromatic N) is 1. The molecule has 21 heavy (non-hydrogen) atoms. The fourth-order valence-corrected chi connectivity index (χ4v) is 2.86. The topological polar surface area (TPSA) is 102 Å². The van der Waals surface area contributed by atoms with Crippen molar-refractivity contribution >= 4 is 27.6 Å². The Hall–Kier alpha value is -1.60. The zero-order valence-corrected chi connectivity index (χ0v) is 13.4. The highest BCUT2D eigenvalue weighted by atomic mass is 32.2. The molecule has 1 rings (SSSR count). The summed E-state index contributed by atoms with van der Waals surface area (Å²) in [5.41, 5.74) is 6.06. The molecule has 0 fully saturated rings. The van der Waals surface area contributed by atoms with Crippen LogP contribution in [0.1, 0.15) is 17.4 Å². The van der Waals surface area contributed by atoms with Gasteiger partial charge in [-0.15, -0.1) is 11.3 Å². The van der Waals surface area contributed by atoms with Crippen molar-refractivity contribution in [2.75, 3.05) is 20.2 Å². The second-order valence-electron chi connectivity index (χ2n) is 3.91. The van der Waals surface area contributed by atoms with Gasteiger partial charge >= 0.3 is 16.3 Å². The van der Waals surface area contributed by atoms with Gasteiger partial charge in [-0.25, -0.2) is 9.52 Å². The van der Waals surface area contributed by atoms with Gasteiger partial charge in [-0.3, -0.25) is 0 Å². The lowest BCUT2D eigenvalue weighted by atomic mass is 10.3. The Balaban J connectivity index is 2.69. The Bertz CT molecular complexity index is 643. The standard InChI is InChI=1S/C12H17N3O4S2/c1-3-19-12(16)14-21(17,18)15(2)8-10-7-11(20-9-10)5-4-6-13/h7,9H,3,6,8,13H2,1-2H3,(H,14,16). The van der Waals surface area contributed by atoms with E-state index < -0.39 is 16.3 Å². The molecule has 3 N–H and O–H groups in total. The number of hydrogen-bond donors (Lipinski definition) is 2. The number of carbonyl (C=O) groups is 1. The first-order chi connectivity index (χ1) is 9.89.